The van der Waals surface area contributed by atoms with E-state index in [1.165, 1.54) is 0 Å². The molecule has 0 aliphatic rings. The molecule has 0 amide bonds. The van der Waals surface area contributed by atoms with E-state index in [1.807, 2.05) is 0 Å². The van der Waals surface area contributed by atoms with Crippen LogP contribution in [-0.2, 0) is 4.57 Å². The Morgan fingerprint density at radius 1 is 0.571 bits per heavy atom. The lowest BCUT2D eigenvalue weighted by atomic mass is 14.0. The van der Waals surface area contributed by atoms with Gasteiger partial charge < -0.3 is 66.0 Å². The van der Waals surface area contributed by atoms with Gasteiger partial charge in [-0.25, -0.2) is 4.57 Å². The third-order valence-corrected chi connectivity index (χ3v) is 0. The first kappa shape index (κ1) is 159. The summed E-state index contributed by atoms with van der Waals surface area (Å²) in [4.78, 5) is 21.6. The van der Waals surface area contributed by atoms with Crippen LogP contribution in [0.15, 0.2) is 0 Å². The van der Waals surface area contributed by atoms with Crippen molar-refractivity contribution in [2.45, 2.75) is 0 Å². The summed E-state index contributed by atoms with van der Waals surface area (Å²) in [6.45, 7) is 0. The molecule has 0 aromatic rings. The van der Waals surface area contributed by atoms with Crippen LogP contribution in [0.1, 0.15) is 0 Å². The molecule has 0 rings (SSSR count). The number of hydrogen-bond acceptors (Lipinski definition) is 4. The van der Waals surface area contributed by atoms with Gasteiger partial charge in [0.05, 0.1) is 0 Å². The Labute approximate surface area is 79.6 Å². The fourth-order valence-electron chi connectivity index (χ4n) is 0. The third-order valence-electron chi connectivity index (χ3n) is 0. The third kappa shape index (κ3) is 21700. The molecular weight excluding hydrogens is 233 g/mol. The van der Waals surface area contributed by atoms with E-state index in [0.29, 0.717) is 0 Å². The minimum Gasteiger partial charge on any atom is -0.412 e. The molecule has 14 heavy (non-hydrogen) atoms. The molecule has 0 aliphatic carbocycles. The molecule has 0 aromatic heterocycles. The van der Waals surface area contributed by atoms with Crippen LogP contribution < -0.4 is 18.5 Å². The predicted octanol–water partition coefficient (Wildman–Crippen LogP) is -5.39. The van der Waals surface area contributed by atoms with Crippen molar-refractivity contribution < 1.29 is 52.1 Å². The normalized spacial score (nSPS) is 4.21. The Morgan fingerprint density at radius 2 is 0.571 bits per heavy atom. The first-order valence-electron chi connectivity index (χ1n) is 0.783. The topological polar surface area (TPSA) is 372 Å². The van der Waals surface area contributed by atoms with E-state index in [4.69, 9.17) is 19.2 Å². The summed E-state index contributed by atoms with van der Waals surface area (Å²) in [6.07, 6.45) is 0. The first-order chi connectivity index (χ1) is 2.00. The molecule has 0 spiro atoms. The van der Waals surface area contributed by atoms with E-state index >= 15 is 0 Å². The highest BCUT2D eigenvalue weighted by molar-refractivity contribution is 7.45. The smallest absolute Gasteiger partial charge is 0.412 e. The zero-order chi connectivity index (χ0) is 4.50. The van der Waals surface area contributed by atoms with Gasteiger partial charge in [0, 0.05) is 0 Å². The van der Waals surface area contributed by atoms with Gasteiger partial charge in [0.2, 0.25) is 0 Å². The fourth-order valence-corrected chi connectivity index (χ4v) is 0. The lowest BCUT2D eigenvalue weighted by Crippen LogP contribution is -1.66. The quantitative estimate of drug-likeness (QED) is 0.228. The zero-order valence-corrected chi connectivity index (χ0v) is 8.21. The molecule has 0 unspecified atom stereocenters. The summed E-state index contributed by atoms with van der Waals surface area (Å²) in [5, 5.41) is 0. The van der Waals surface area contributed by atoms with Crippen molar-refractivity contribution in [1.82, 2.24) is 18.5 Å². The highest BCUT2D eigenvalue weighted by atomic mass is 31.2. The first-order valence-corrected chi connectivity index (χ1v) is 2.35. The molecular formula is H24N3O10P. The van der Waals surface area contributed by atoms with Crippen LogP contribution in [0.5, 0.6) is 0 Å². The molecule has 14 heteroatoms. The Kier molecular flexibility index (Phi) is 604. The van der Waals surface area contributed by atoms with Crippen LogP contribution in [0.25, 0.3) is 0 Å². The highest BCUT2D eigenvalue weighted by Crippen LogP contribution is 2.25. The van der Waals surface area contributed by atoms with Gasteiger partial charge in [0.1, 0.15) is 0 Å². The van der Waals surface area contributed by atoms with Gasteiger partial charge in [-0.3, -0.25) is 0 Å². The largest absolute Gasteiger partial charge is 0.466 e. The van der Waals surface area contributed by atoms with Crippen LogP contribution in [0, 0.1) is 0 Å². The maximum Gasteiger partial charge on any atom is 0.466 e. The van der Waals surface area contributed by atoms with Crippen LogP contribution in [-0.4, -0.2) is 47.5 Å². The maximum atomic E-state index is 8.88. The molecule has 0 heterocycles. The van der Waals surface area contributed by atoms with Gasteiger partial charge in [-0.15, -0.1) is 0 Å². The molecule has 0 atom stereocenters. The average molecular weight is 257 g/mol. The van der Waals surface area contributed by atoms with Crippen LogP contribution >= 0.6 is 7.82 Å². The van der Waals surface area contributed by atoms with Gasteiger partial charge in [-0.2, -0.15) is 0 Å². The van der Waals surface area contributed by atoms with Crippen molar-refractivity contribution in [3.63, 3.8) is 0 Å². The van der Waals surface area contributed by atoms with E-state index in [2.05, 4.69) is 0 Å². The number of hydrogen-bond donors (Lipinski definition) is 6. The molecule has 0 bridgehead atoms. The predicted molar refractivity (Wildman–Crippen MR) is 51.0 cm³/mol. The lowest BCUT2D eigenvalue weighted by molar-refractivity contribution is 0.275. The van der Waals surface area contributed by atoms with Crippen molar-refractivity contribution in [2.24, 2.45) is 0 Å². The molecule has 0 fully saturated rings. The lowest BCUT2D eigenvalue weighted by Gasteiger charge is -1.82. The monoisotopic (exact) mass is 257 g/mol. The number of rotatable bonds is 0. The number of phosphoric acid groups is 1. The van der Waals surface area contributed by atoms with Crippen LogP contribution in [0.2, 0.25) is 0 Å². The van der Waals surface area contributed by atoms with Gasteiger partial charge >= 0.3 is 7.82 Å². The van der Waals surface area contributed by atoms with E-state index in [-0.39, 0.29) is 51.3 Å². The Morgan fingerprint density at radius 3 is 0.571 bits per heavy atom. The van der Waals surface area contributed by atoms with Crippen LogP contribution in [0.4, 0.5) is 0 Å². The minimum absolute atomic E-state index is 0. The van der Waals surface area contributed by atoms with E-state index in [0.717, 1.165) is 0 Å². The maximum absolute atomic E-state index is 8.88. The van der Waals surface area contributed by atoms with E-state index in [1.54, 1.807) is 0 Å². The van der Waals surface area contributed by atoms with Crippen molar-refractivity contribution in [2.75, 3.05) is 0 Å². The molecule has 0 aliphatic heterocycles. The minimum atomic E-state index is -4.64. The molecule has 24 N–H and O–H groups in total. The van der Waals surface area contributed by atoms with Crippen molar-refractivity contribution in [1.29, 1.82) is 0 Å². The van der Waals surface area contributed by atoms with Gasteiger partial charge in [-0.05, 0) is 0 Å². The highest BCUT2D eigenvalue weighted by Gasteiger charge is 2.00. The average Bonchev–Trinajstić information content (AvgIpc) is 0.722. The molecule has 0 saturated carbocycles. The molecule has 13 nitrogen and oxygen atoms in total. The summed E-state index contributed by atoms with van der Waals surface area (Å²) in [7, 11) is -4.64. The summed E-state index contributed by atoms with van der Waals surface area (Å²) in [5.41, 5.74) is 0. The second-order valence-electron chi connectivity index (χ2n) is 0.513. The molecule has 0 saturated heterocycles. The summed E-state index contributed by atoms with van der Waals surface area (Å²) < 4.78 is 8.88. The molecule has 104 valence electrons. The Bertz CT molecular complexity index is 61.5. The fraction of sp³-hybridized carbons (Fsp3) is 0. The summed E-state index contributed by atoms with van der Waals surface area (Å²) in [5.74, 6) is 0. The van der Waals surface area contributed by atoms with Gasteiger partial charge in [0.15, 0.2) is 0 Å². The van der Waals surface area contributed by atoms with Gasteiger partial charge in [-0.1, -0.05) is 0 Å². The SMILES string of the molecule is N.N.N.O.O.O.O.O.O.O=P(O)(O)O. The van der Waals surface area contributed by atoms with E-state index < -0.39 is 7.82 Å². The van der Waals surface area contributed by atoms with Crippen molar-refractivity contribution in [3.05, 3.63) is 0 Å². The van der Waals surface area contributed by atoms with Gasteiger partial charge in [0.25, 0.3) is 0 Å². The van der Waals surface area contributed by atoms with E-state index in [9.17, 15) is 0 Å². The standard InChI is InChI=1S/3H3N.H3O4P.6H2O/c;;;1-5(2,3)4;;;;;;/h3*1H3;(H3,1,2,3,4);6*1H2. The second-order valence-corrected chi connectivity index (χ2v) is 1.54. The van der Waals surface area contributed by atoms with Crippen molar-refractivity contribution >= 4 is 7.82 Å². The Balaban J connectivity index is -0.00000000222. The summed E-state index contributed by atoms with van der Waals surface area (Å²) >= 11 is 0. The molecule has 0 aromatic carbocycles. The van der Waals surface area contributed by atoms with Crippen LogP contribution in [0.3, 0.4) is 0 Å². The summed E-state index contributed by atoms with van der Waals surface area (Å²) in [6, 6.07) is 0. The Hall–Kier alpha value is -0.250. The molecule has 0 radical (unpaired) electrons. The second kappa shape index (κ2) is 53.2. The van der Waals surface area contributed by atoms with Crippen molar-refractivity contribution in [3.8, 4) is 0 Å². The zero-order valence-electron chi connectivity index (χ0n) is 7.32.